The SMILES string of the molecule is [CH2]CF.[NaH]. The number of hydrogen-bond donors (Lipinski definition) is 0. The molecule has 2 heteroatoms. The van der Waals surface area contributed by atoms with Crippen LogP contribution in [0.3, 0.4) is 0 Å². The van der Waals surface area contributed by atoms with Gasteiger partial charge >= 0.3 is 29.6 Å². The maximum absolute atomic E-state index is 10.2. The molecule has 0 aromatic rings. The summed E-state index contributed by atoms with van der Waals surface area (Å²) in [6, 6.07) is 0. The average Bonchev–Trinajstić information content (AvgIpc) is 0.918. The molecule has 0 nitrogen and oxygen atoms in total. The van der Waals surface area contributed by atoms with Gasteiger partial charge in [0.2, 0.25) is 0 Å². The van der Waals surface area contributed by atoms with Crippen LogP contribution in [0, 0.1) is 6.92 Å². The van der Waals surface area contributed by atoms with Gasteiger partial charge in [-0.05, 0) is 6.92 Å². The summed E-state index contributed by atoms with van der Waals surface area (Å²) < 4.78 is 10.2. The van der Waals surface area contributed by atoms with Crippen LogP contribution in [0.2, 0.25) is 0 Å². The van der Waals surface area contributed by atoms with Crippen molar-refractivity contribution >= 4 is 29.6 Å². The van der Waals surface area contributed by atoms with E-state index in [0.717, 1.165) is 0 Å². The minimum absolute atomic E-state index is 0. The first-order valence-corrected chi connectivity index (χ1v) is 0.767. The molecule has 0 fully saturated rings. The third-order valence-corrected chi connectivity index (χ3v) is 0. The van der Waals surface area contributed by atoms with Crippen LogP contribution in [0.15, 0.2) is 0 Å². The number of rotatable bonds is 0. The van der Waals surface area contributed by atoms with Gasteiger partial charge in [-0.15, -0.1) is 0 Å². The third-order valence-electron chi connectivity index (χ3n) is 0. The fourth-order valence-electron chi connectivity index (χ4n) is 0. The van der Waals surface area contributed by atoms with Gasteiger partial charge in [-0.1, -0.05) is 0 Å². The van der Waals surface area contributed by atoms with Crippen molar-refractivity contribution < 1.29 is 4.39 Å². The Morgan fingerprint density at radius 3 is 1.75 bits per heavy atom. The monoisotopic (exact) mass is 71.0 g/mol. The molecule has 0 N–H and O–H groups in total. The van der Waals surface area contributed by atoms with Crippen molar-refractivity contribution in [2.24, 2.45) is 0 Å². The van der Waals surface area contributed by atoms with Crippen LogP contribution in [0.4, 0.5) is 4.39 Å². The average molecular weight is 71.0 g/mol. The van der Waals surface area contributed by atoms with E-state index in [-0.39, 0.29) is 29.6 Å². The zero-order valence-electron chi connectivity index (χ0n) is 1.79. The molecular formula is C2H5FNa. The van der Waals surface area contributed by atoms with Gasteiger partial charge in [-0.3, -0.25) is 4.39 Å². The zero-order chi connectivity index (χ0) is 2.71. The van der Waals surface area contributed by atoms with Crippen molar-refractivity contribution in [2.75, 3.05) is 6.67 Å². The molecule has 0 aliphatic heterocycles. The van der Waals surface area contributed by atoms with Crippen LogP contribution in [0.1, 0.15) is 0 Å². The maximum atomic E-state index is 10.2. The Bertz CT molecular complexity index is 6.00. The third kappa shape index (κ3) is 12.6. The molecule has 0 heterocycles. The zero-order valence-corrected chi connectivity index (χ0v) is 1.79. The Morgan fingerprint density at radius 1 is 1.75 bits per heavy atom. The quantitative estimate of drug-likeness (QED) is 0.356. The number of hydrogen-bond acceptors (Lipinski definition) is 0. The molecule has 0 amide bonds. The van der Waals surface area contributed by atoms with Crippen LogP contribution in [-0.4, -0.2) is 36.2 Å². The van der Waals surface area contributed by atoms with Crippen LogP contribution < -0.4 is 0 Å². The molecule has 0 saturated carbocycles. The summed E-state index contributed by atoms with van der Waals surface area (Å²) in [6.45, 7) is 2.32. The van der Waals surface area contributed by atoms with Crippen LogP contribution in [0.25, 0.3) is 0 Å². The van der Waals surface area contributed by atoms with Crippen molar-refractivity contribution in [1.82, 2.24) is 0 Å². The fraction of sp³-hybridized carbons (Fsp3) is 0.500. The molecule has 0 unspecified atom stereocenters. The second-order valence-electron chi connectivity index (χ2n) is 0.189. The first-order chi connectivity index (χ1) is 1.41. The van der Waals surface area contributed by atoms with Crippen LogP contribution in [-0.2, 0) is 0 Å². The second kappa shape index (κ2) is 9.06. The molecule has 0 bridgehead atoms. The summed E-state index contributed by atoms with van der Waals surface area (Å²) in [6.07, 6.45) is 0. The molecule has 0 aromatic heterocycles. The van der Waals surface area contributed by atoms with Gasteiger partial charge in [-0.25, -0.2) is 0 Å². The van der Waals surface area contributed by atoms with E-state index in [1.807, 2.05) is 0 Å². The summed E-state index contributed by atoms with van der Waals surface area (Å²) in [5.41, 5.74) is 0. The Hall–Kier alpha value is 0.930. The molecule has 0 rings (SSSR count). The van der Waals surface area contributed by atoms with E-state index in [1.54, 1.807) is 0 Å². The van der Waals surface area contributed by atoms with E-state index in [9.17, 15) is 4.39 Å². The van der Waals surface area contributed by atoms with Gasteiger partial charge in [-0.2, -0.15) is 0 Å². The molecule has 1 radical (unpaired) electrons. The predicted molar refractivity (Wildman–Crippen MR) is 18.5 cm³/mol. The van der Waals surface area contributed by atoms with E-state index in [0.29, 0.717) is 0 Å². The molecule has 0 aliphatic carbocycles. The van der Waals surface area contributed by atoms with Gasteiger partial charge in [0.1, 0.15) is 0 Å². The van der Waals surface area contributed by atoms with Gasteiger partial charge in [0.05, 0.1) is 6.67 Å². The van der Waals surface area contributed by atoms with Crippen LogP contribution in [0.5, 0.6) is 0 Å². The van der Waals surface area contributed by atoms with E-state index >= 15 is 0 Å². The van der Waals surface area contributed by atoms with Crippen molar-refractivity contribution in [1.29, 1.82) is 0 Å². The van der Waals surface area contributed by atoms with E-state index in [2.05, 4.69) is 6.92 Å². The van der Waals surface area contributed by atoms with E-state index < -0.39 is 6.67 Å². The normalized spacial score (nSPS) is 4.50. The minimum atomic E-state index is -0.500. The topological polar surface area (TPSA) is 0 Å². The van der Waals surface area contributed by atoms with Crippen molar-refractivity contribution in [2.45, 2.75) is 0 Å². The standard InChI is InChI=1S/C2H4F.Na.H/c1-2-3;;/h1-2H2;;. The molecule has 0 aromatic carbocycles. The van der Waals surface area contributed by atoms with E-state index in [4.69, 9.17) is 0 Å². The molecule has 21 valence electrons. The summed E-state index contributed by atoms with van der Waals surface area (Å²) >= 11 is 0. The summed E-state index contributed by atoms with van der Waals surface area (Å²) in [7, 11) is 0. The number of halogens is 1. The molecule has 0 saturated heterocycles. The first kappa shape index (κ1) is 8.87. The van der Waals surface area contributed by atoms with Crippen LogP contribution >= 0.6 is 0 Å². The Morgan fingerprint density at radius 2 is 1.75 bits per heavy atom. The van der Waals surface area contributed by atoms with Gasteiger partial charge in [0.15, 0.2) is 0 Å². The Kier molecular flexibility index (Phi) is 20.1. The summed E-state index contributed by atoms with van der Waals surface area (Å²) in [4.78, 5) is 0. The predicted octanol–water partition coefficient (Wildman–Crippen LogP) is 0.141. The summed E-state index contributed by atoms with van der Waals surface area (Å²) in [5.74, 6) is 0. The number of alkyl halides is 1. The molecule has 0 spiro atoms. The second-order valence-corrected chi connectivity index (χ2v) is 0.189. The Balaban J connectivity index is 0. The van der Waals surface area contributed by atoms with Crippen molar-refractivity contribution in [3.63, 3.8) is 0 Å². The first-order valence-electron chi connectivity index (χ1n) is 0.767. The van der Waals surface area contributed by atoms with Crippen molar-refractivity contribution in [3.8, 4) is 0 Å². The van der Waals surface area contributed by atoms with Gasteiger partial charge < -0.3 is 0 Å². The molecule has 0 aliphatic rings. The van der Waals surface area contributed by atoms with Gasteiger partial charge in [0, 0.05) is 0 Å². The molecule has 4 heavy (non-hydrogen) atoms. The van der Waals surface area contributed by atoms with E-state index in [1.165, 1.54) is 0 Å². The molecule has 0 atom stereocenters. The fourth-order valence-corrected chi connectivity index (χ4v) is 0. The summed E-state index contributed by atoms with van der Waals surface area (Å²) in [5, 5.41) is 0. The molecular weight excluding hydrogens is 66.0 g/mol. The Labute approximate surface area is 47.7 Å². The van der Waals surface area contributed by atoms with Crippen molar-refractivity contribution in [3.05, 3.63) is 6.92 Å². The van der Waals surface area contributed by atoms with Gasteiger partial charge in [0.25, 0.3) is 0 Å².